The van der Waals surface area contributed by atoms with Crippen LogP contribution in [0.25, 0.3) is 0 Å². The van der Waals surface area contributed by atoms with Crippen LogP contribution in [0.1, 0.15) is 73.1 Å². The van der Waals surface area contributed by atoms with E-state index in [4.69, 9.17) is 16.3 Å². The smallest absolute Gasteiger partial charge is 0.101 e. The molecule has 3 N–H and O–H groups in total. The Hall–Kier alpha value is -0.130. The first-order valence-corrected chi connectivity index (χ1v) is 9.96. The standard InChI is InChI=1S/C20H35ClO4/c1-13(2)14-6-9-19(4,24)17-8-11-20(5,25-17)15(21)7-10-18(3,23)16(22)12-14/h12-13,15-17,22-24H,6-11H2,1-5H3/b14-12+/t15-,16-,17-,18+,19+,20+/m0/s1. The van der Waals surface area contributed by atoms with E-state index in [0.717, 1.165) is 18.4 Å². The van der Waals surface area contributed by atoms with Crippen molar-refractivity contribution in [1.82, 2.24) is 0 Å². The summed E-state index contributed by atoms with van der Waals surface area (Å²) in [5, 5.41) is 32.0. The van der Waals surface area contributed by atoms with Gasteiger partial charge in [0, 0.05) is 0 Å². The van der Waals surface area contributed by atoms with Crippen LogP contribution in [0, 0.1) is 5.92 Å². The topological polar surface area (TPSA) is 69.9 Å². The van der Waals surface area contributed by atoms with E-state index in [-0.39, 0.29) is 17.4 Å². The summed E-state index contributed by atoms with van der Waals surface area (Å²) in [6.45, 7) is 9.61. The minimum atomic E-state index is -1.24. The molecule has 6 atom stereocenters. The van der Waals surface area contributed by atoms with Crippen molar-refractivity contribution in [1.29, 1.82) is 0 Å². The van der Waals surface area contributed by atoms with E-state index in [0.29, 0.717) is 25.7 Å². The molecule has 2 aliphatic heterocycles. The van der Waals surface area contributed by atoms with Crippen LogP contribution in [-0.2, 0) is 4.74 Å². The average Bonchev–Trinajstić information content (AvgIpc) is 2.92. The maximum Gasteiger partial charge on any atom is 0.101 e. The number of fused-ring (bicyclic) bond motifs is 2. The number of alkyl halides is 1. The van der Waals surface area contributed by atoms with Crippen LogP contribution in [0.4, 0.5) is 0 Å². The van der Waals surface area contributed by atoms with Gasteiger partial charge in [-0.2, -0.15) is 0 Å². The second-order valence-corrected chi connectivity index (χ2v) is 9.55. The van der Waals surface area contributed by atoms with Gasteiger partial charge >= 0.3 is 0 Å². The predicted molar refractivity (Wildman–Crippen MR) is 101 cm³/mol. The first-order valence-electron chi connectivity index (χ1n) is 9.53. The van der Waals surface area contributed by atoms with Gasteiger partial charge in [0.1, 0.15) is 6.10 Å². The van der Waals surface area contributed by atoms with Gasteiger partial charge in [0.05, 0.1) is 28.3 Å². The molecule has 25 heavy (non-hydrogen) atoms. The molecular formula is C20H35ClO4. The van der Waals surface area contributed by atoms with Gasteiger partial charge in [0.15, 0.2) is 0 Å². The molecule has 0 unspecified atom stereocenters. The third kappa shape index (κ3) is 4.78. The summed E-state index contributed by atoms with van der Waals surface area (Å²) >= 11 is 6.62. The van der Waals surface area contributed by atoms with Gasteiger partial charge in [-0.3, -0.25) is 0 Å². The Kier molecular flexibility index (Phi) is 6.33. The zero-order valence-electron chi connectivity index (χ0n) is 16.3. The number of halogens is 1. The van der Waals surface area contributed by atoms with Crippen molar-refractivity contribution in [2.24, 2.45) is 5.92 Å². The van der Waals surface area contributed by atoms with Crippen LogP contribution < -0.4 is 0 Å². The van der Waals surface area contributed by atoms with Crippen LogP contribution in [0.2, 0.25) is 0 Å². The van der Waals surface area contributed by atoms with E-state index in [1.54, 1.807) is 13.0 Å². The number of aliphatic hydroxyl groups is 3. The zero-order chi connectivity index (χ0) is 19.0. The minimum absolute atomic E-state index is 0.238. The molecule has 0 radical (unpaired) electrons. The van der Waals surface area contributed by atoms with Gasteiger partial charge in [-0.05, 0) is 65.2 Å². The van der Waals surface area contributed by atoms with Crippen molar-refractivity contribution in [2.45, 2.75) is 108 Å². The Balaban J connectivity index is 2.34. The lowest BCUT2D eigenvalue weighted by atomic mass is 9.83. The summed E-state index contributed by atoms with van der Waals surface area (Å²) < 4.78 is 6.24. The van der Waals surface area contributed by atoms with Crippen molar-refractivity contribution in [2.75, 3.05) is 0 Å². The zero-order valence-corrected chi connectivity index (χ0v) is 17.0. The first kappa shape index (κ1) is 21.2. The summed E-state index contributed by atoms with van der Waals surface area (Å²) in [6.07, 6.45) is 4.31. The summed E-state index contributed by atoms with van der Waals surface area (Å²) in [5.41, 5.74) is -1.64. The van der Waals surface area contributed by atoms with Crippen LogP contribution in [0.15, 0.2) is 11.6 Å². The quantitative estimate of drug-likeness (QED) is 0.485. The second kappa shape index (κ2) is 7.47. The fraction of sp³-hybridized carbons (Fsp3) is 0.900. The molecule has 4 nitrogen and oxygen atoms in total. The molecule has 0 spiro atoms. The molecule has 2 bridgehead atoms. The van der Waals surface area contributed by atoms with Gasteiger partial charge < -0.3 is 20.1 Å². The van der Waals surface area contributed by atoms with Crippen molar-refractivity contribution < 1.29 is 20.1 Å². The van der Waals surface area contributed by atoms with Crippen molar-refractivity contribution in [3.8, 4) is 0 Å². The van der Waals surface area contributed by atoms with Crippen molar-refractivity contribution in [3.63, 3.8) is 0 Å². The Morgan fingerprint density at radius 1 is 1.08 bits per heavy atom. The molecule has 0 amide bonds. The molecule has 1 saturated heterocycles. The van der Waals surface area contributed by atoms with E-state index in [9.17, 15) is 15.3 Å². The number of rotatable bonds is 1. The molecule has 0 aromatic rings. The maximum absolute atomic E-state index is 11.0. The third-order valence-electron chi connectivity index (χ3n) is 6.25. The molecule has 2 heterocycles. The SMILES string of the molecule is CC(C)/C1=C/[C@H](O)[C@](C)(O)CC[C@H](Cl)[C@@]2(C)CC[C@H](O2)[C@](C)(O)CC1. The second-order valence-electron chi connectivity index (χ2n) is 9.02. The molecule has 1 fully saturated rings. The van der Waals surface area contributed by atoms with Crippen LogP contribution in [0.5, 0.6) is 0 Å². The van der Waals surface area contributed by atoms with E-state index in [2.05, 4.69) is 13.8 Å². The lowest BCUT2D eigenvalue weighted by Gasteiger charge is -2.35. The summed E-state index contributed by atoms with van der Waals surface area (Å²) in [7, 11) is 0. The number of hydrogen-bond donors (Lipinski definition) is 3. The van der Waals surface area contributed by atoms with E-state index in [1.165, 1.54) is 0 Å². The lowest BCUT2D eigenvalue weighted by Crippen LogP contribution is -2.44. The van der Waals surface area contributed by atoms with Crippen LogP contribution in [0.3, 0.4) is 0 Å². The highest BCUT2D eigenvalue weighted by atomic mass is 35.5. The van der Waals surface area contributed by atoms with Gasteiger partial charge in [-0.25, -0.2) is 0 Å². The highest BCUT2D eigenvalue weighted by Gasteiger charge is 2.48. The van der Waals surface area contributed by atoms with Gasteiger partial charge in [-0.15, -0.1) is 11.6 Å². The van der Waals surface area contributed by atoms with Gasteiger partial charge in [0.25, 0.3) is 0 Å². The van der Waals surface area contributed by atoms with Crippen LogP contribution >= 0.6 is 11.6 Å². The molecule has 0 saturated carbocycles. The molecule has 2 rings (SSSR count). The number of ether oxygens (including phenoxy) is 1. The number of hydrogen-bond acceptors (Lipinski definition) is 4. The molecular weight excluding hydrogens is 340 g/mol. The Morgan fingerprint density at radius 2 is 1.72 bits per heavy atom. The molecule has 0 aromatic heterocycles. The maximum atomic E-state index is 11.0. The fourth-order valence-corrected chi connectivity index (χ4v) is 4.18. The third-order valence-corrected chi connectivity index (χ3v) is 6.92. The summed E-state index contributed by atoms with van der Waals surface area (Å²) in [6, 6.07) is 0. The van der Waals surface area contributed by atoms with Crippen molar-refractivity contribution >= 4 is 11.6 Å². The van der Waals surface area contributed by atoms with E-state index < -0.39 is 22.9 Å². The Labute approximate surface area is 157 Å². The highest BCUT2D eigenvalue weighted by molar-refractivity contribution is 6.21. The minimum Gasteiger partial charge on any atom is -0.387 e. The Morgan fingerprint density at radius 3 is 2.32 bits per heavy atom. The number of aliphatic hydroxyl groups excluding tert-OH is 1. The van der Waals surface area contributed by atoms with E-state index in [1.807, 2.05) is 13.8 Å². The molecule has 5 heteroatoms. The van der Waals surface area contributed by atoms with Gasteiger partial charge in [-0.1, -0.05) is 25.5 Å². The summed E-state index contributed by atoms with van der Waals surface area (Å²) in [5.74, 6) is 0.238. The Bertz CT molecular complexity index is 500. The fourth-order valence-electron chi connectivity index (χ4n) is 3.91. The lowest BCUT2D eigenvalue weighted by molar-refractivity contribution is -0.128. The van der Waals surface area contributed by atoms with Crippen LogP contribution in [-0.4, -0.2) is 49.7 Å². The molecule has 0 aliphatic carbocycles. The summed E-state index contributed by atoms with van der Waals surface area (Å²) in [4.78, 5) is 0. The van der Waals surface area contributed by atoms with Gasteiger partial charge in [0.2, 0.25) is 0 Å². The highest BCUT2D eigenvalue weighted by Crippen LogP contribution is 2.43. The molecule has 146 valence electrons. The molecule has 0 aromatic carbocycles. The monoisotopic (exact) mass is 374 g/mol. The normalized spacial score (nSPS) is 49.0. The van der Waals surface area contributed by atoms with E-state index >= 15 is 0 Å². The van der Waals surface area contributed by atoms with Crippen molar-refractivity contribution in [3.05, 3.63) is 11.6 Å². The number of allylic oxidation sites excluding steroid dienone is 1. The largest absolute Gasteiger partial charge is 0.387 e. The average molecular weight is 375 g/mol. The predicted octanol–water partition coefficient (Wildman–Crippen LogP) is 3.55. The molecule has 2 aliphatic rings. The first-order chi connectivity index (χ1) is 11.4.